The van der Waals surface area contributed by atoms with Crippen molar-refractivity contribution in [3.05, 3.63) is 17.0 Å². The predicted octanol–water partition coefficient (Wildman–Crippen LogP) is 1.66. The fourth-order valence-corrected chi connectivity index (χ4v) is 1.48. The number of aromatic nitrogens is 2. The fourth-order valence-electron chi connectivity index (χ4n) is 1.48. The average molecular weight is 222 g/mol. The second kappa shape index (κ2) is 5.25. The largest absolute Gasteiger partial charge is 0.347 e. The lowest BCUT2D eigenvalue weighted by molar-refractivity contribution is 0.583. The highest BCUT2D eigenvalue weighted by atomic mass is 15.2. The smallest absolute Gasteiger partial charge is 0.225 e. The Morgan fingerprint density at radius 3 is 2.00 bits per heavy atom. The van der Waals surface area contributed by atoms with Crippen molar-refractivity contribution >= 4 is 5.95 Å². The van der Waals surface area contributed by atoms with E-state index in [1.54, 1.807) is 0 Å². The molecule has 0 fully saturated rings. The van der Waals surface area contributed by atoms with Crippen molar-refractivity contribution in [2.45, 2.75) is 40.3 Å². The molecule has 0 aliphatic rings. The van der Waals surface area contributed by atoms with Crippen LogP contribution in [0.25, 0.3) is 0 Å². The van der Waals surface area contributed by atoms with Crippen LogP contribution in [-0.4, -0.2) is 30.1 Å². The van der Waals surface area contributed by atoms with Crippen molar-refractivity contribution < 1.29 is 0 Å². The van der Waals surface area contributed by atoms with Gasteiger partial charge < -0.3 is 10.2 Å². The van der Waals surface area contributed by atoms with E-state index in [1.165, 1.54) is 5.56 Å². The van der Waals surface area contributed by atoms with E-state index >= 15 is 0 Å². The average Bonchev–Trinajstić information content (AvgIpc) is 2.15. The fraction of sp³-hybridized carbons (Fsp3) is 0.667. The number of anilines is 1. The zero-order valence-electron chi connectivity index (χ0n) is 11.1. The van der Waals surface area contributed by atoms with Crippen LogP contribution >= 0.6 is 0 Å². The highest BCUT2D eigenvalue weighted by Gasteiger charge is 2.09. The molecule has 0 amide bonds. The molecule has 16 heavy (non-hydrogen) atoms. The zero-order valence-corrected chi connectivity index (χ0v) is 11.1. The van der Waals surface area contributed by atoms with Gasteiger partial charge in [-0.05, 0) is 13.8 Å². The Hall–Kier alpha value is -1.16. The first kappa shape index (κ1) is 12.9. The van der Waals surface area contributed by atoms with Crippen molar-refractivity contribution in [2.75, 3.05) is 19.0 Å². The molecule has 0 aliphatic carbocycles. The van der Waals surface area contributed by atoms with Crippen LogP contribution in [0.5, 0.6) is 0 Å². The van der Waals surface area contributed by atoms with E-state index in [0.29, 0.717) is 6.04 Å². The maximum Gasteiger partial charge on any atom is 0.225 e. The third-order valence-corrected chi connectivity index (χ3v) is 2.50. The summed E-state index contributed by atoms with van der Waals surface area (Å²) in [6, 6.07) is 0.479. The van der Waals surface area contributed by atoms with Gasteiger partial charge in [0.2, 0.25) is 5.95 Å². The summed E-state index contributed by atoms with van der Waals surface area (Å²) in [6.07, 6.45) is 0. The van der Waals surface area contributed by atoms with Gasteiger partial charge in [-0.1, -0.05) is 13.8 Å². The molecule has 0 saturated carbocycles. The lowest BCUT2D eigenvalue weighted by Gasteiger charge is -2.16. The van der Waals surface area contributed by atoms with Gasteiger partial charge in [-0.2, -0.15) is 0 Å². The number of nitrogens with zero attached hydrogens (tertiary/aromatic N) is 3. The predicted molar refractivity (Wildman–Crippen MR) is 67.8 cm³/mol. The Bertz CT molecular complexity index is 335. The highest BCUT2D eigenvalue weighted by molar-refractivity contribution is 5.34. The molecule has 0 atom stereocenters. The van der Waals surface area contributed by atoms with Gasteiger partial charge >= 0.3 is 0 Å². The second-order valence-corrected chi connectivity index (χ2v) is 4.60. The molecule has 1 aromatic heterocycles. The Kier molecular flexibility index (Phi) is 4.24. The van der Waals surface area contributed by atoms with Gasteiger partial charge in [0.1, 0.15) is 0 Å². The summed E-state index contributed by atoms with van der Waals surface area (Å²) in [7, 11) is 3.92. The van der Waals surface area contributed by atoms with Gasteiger partial charge in [0.15, 0.2) is 0 Å². The van der Waals surface area contributed by atoms with E-state index in [0.717, 1.165) is 23.9 Å². The van der Waals surface area contributed by atoms with Crippen LogP contribution in [0.4, 0.5) is 5.95 Å². The Labute approximate surface area is 98.1 Å². The topological polar surface area (TPSA) is 41.1 Å². The molecule has 1 aromatic rings. The molecular weight excluding hydrogens is 200 g/mol. The Balaban J connectivity index is 2.94. The van der Waals surface area contributed by atoms with E-state index in [-0.39, 0.29) is 0 Å². The standard InChI is InChI=1S/C12H22N4/c1-8(2)13-7-11-9(3)14-12(16(5)6)15-10(11)4/h8,13H,7H2,1-6H3. The lowest BCUT2D eigenvalue weighted by atomic mass is 10.1. The van der Waals surface area contributed by atoms with Gasteiger partial charge in [0.25, 0.3) is 0 Å². The van der Waals surface area contributed by atoms with Gasteiger partial charge in [0.05, 0.1) is 0 Å². The first-order chi connectivity index (χ1) is 7.41. The number of hydrogen-bond acceptors (Lipinski definition) is 4. The van der Waals surface area contributed by atoms with Crippen LogP contribution in [0, 0.1) is 13.8 Å². The first-order valence-electron chi connectivity index (χ1n) is 5.66. The van der Waals surface area contributed by atoms with Gasteiger partial charge in [0, 0.05) is 43.6 Å². The lowest BCUT2D eigenvalue weighted by Crippen LogP contribution is -2.24. The number of nitrogens with one attached hydrogen (secondary N) is 1. The first-order valence-corrected chi connectivity index (χ1v) is 5.66. The Morgan fingerprint density at radius 1 is 1.12 bits per heavy atom. The molecule has 4 heteroatoms. The normalized spacial score (nSPS) is 10.9. The zero-order chi connectivity index (χ0) is 12.3. The molecule has 1 rings (SSSR count). The summed E-state index contributed by atoms with van der Waals surface area (Å²) in [5.74, 6) is 0.781. The number of aryl methyl sites for hydroxylation is 2. The number of rotatable bonds is 4. The SMILES string of the molecule is Cc1nc(N(C)C)nc(C)c1CNC(C)C. The minimum atomic E-state index is 0.479. The van der Waals surface area contributed by atoms with Gasteiger partial charge in [-0.15, -0.1) is 0 Å². The van der Waals surface area contributed by atoms with Crippen LogP contribution in [0.15, 0.2) is 0 Å². The van der Waals surface area contributed by atoms with Crippen molar-refractivity contribution in [3.63, 3.8) is 0 Å². The third-order valence-electron chi connectivity index (χ3n) is 2.50. The third kappa shape index (κ3) is 3.17. The molecule has 1 heterocycles. The maximum atomic E-state index is 4.49. The van der Waals surface area contributed by atoms with Crippen LogP contribution < -0.4 is 10.2 Å². The van der Waals surface area contributed by atoms with E-state index in [2.05, 4.69) is 29.1 Å². The summed E-state index contributed by atoms with van der Waals surface area (Å²) in [6.45, 7) is 9.19. The summed E-state index contributed by atoms with van der Waals surface area (Å²) >= 11 is 0. The number of hydrogen-bond donors (Lipinski definition) is 1. The molecule has 0 radical (unpaired) electrons. The quantitative estimate of drug-likeness (QED) is 0.841. The van der Waals surface area contributed by atoms with Crippen molar-refractivity contribution in [1.29, 1.82) is 0 Å². The molecule has 0 aromatic carbocycles. The molecular formula is C12H22N4. The van der Waals surface area contributed by atoms with Crippen molar-refractivity contribution in [2.24, 2.45) is 0 Å². The second-order valence-electron chi connectivity index (χ2n) is 4.60. The minimum Gasteiger partial charge on any atom is -0.347 e. The summed E-state index contributed by atoms with van der Waals surface area (Å²) < 4.78 is 0. The maximum absolute atomic E-state index is 4.49. The van der Waals surface area contributed by atoms with Crippen molar-refractivity contribution in [3.8, 4) is 0 Å². The molecule has 0 unspecified atom stereocenters. The van der Waals surface area contributed by atoms with Crippen LogP contribution in [0.3, 0.4) is 0 Å². The minimum absolute atomic E-state index is 0.479. The van der Waals surface area contributed by atoms with Gasteiger partial charge in [-0.25, -0.2) is 9.97 Å². The molecule has 0 bridgehead atoms. The van der Waals surface area contributed by atoms with Gasteiger partial charge in [-0.3, -0.25) is 0 Å². The molecule has 0 saturated heterocycles. The summed E-state index contributed by atoms with van der Waals surface area (Å²) in [4.78, 5) is 10.9. The van der Waals surface area contributed by atoms with E-state index in [1.807, 2.05) is 32.8 Å². The van der Waals surface area contributed by atoms with E-state index in [4.69, 9.17) is 0 Å². The van der Waals surface area contributed by atoms with Crippen LogP contribution in [0.2, 0.25) is 0 Å². The highest BCUT2D eigenvalue weighted by Crippen LogP contribution is 2.13. The van der Waals surface area contributed by atoms with Crippen LogP contribution in [0.1, 0.15) is 30.8 Å². The molecule has 0 spiro atoms. The summed E-state index contributed by atoms with van der Waals surface area (Å²) in [5, 5.41) is 3.40. The molecule has 90 valence electrons. The van der Waals surface area contributed by atoms with Crippen LogP contribution in [-0.2, 0) is 6.54 Å². The molecule has 0 aliphatic heterocycles. The molecule has 4 nitrogen and oxygen atoms in total. The summed E-state index contributed by atoms with van der Waals surface area (Å²) in [5.41, 5.74) is 3.33. The van der Waals surface area contributed by atoms with Crippen molar-refractivity contribution in [1.82, 2.24) is 15.3 Å². The Morgan fingerprint density at radius 2 is 1.62 bits per heavy atom. The van der Waals surface area contributed by atoms with E-state index < -0.39 is 0 Å². The molecule has 1 N–H and O–H groups in total. The monoisotopic (exact) mass is 222 g/mol. The van der Waals surface area contributed by atoms with E-state index in [9.17, 15) is 0 Å².